The van der Waals surface area contributed by atoms with Crippen LogP contribution in [0.25, 0.3) is 0 Å². The van der Waals surface area contributed by atoms with Crippen LogP contribution in [0.5, 0.6) is 0 Å². The molecule has 0 fully saturated rings. The SMILES string of the molecule is CC(=O)OC1=NCCCN1. The highest BCUT2D eigenvalue weighted by Gasteiger charge is 2.05. The second-order valence-electron chi connectivity index (χ2n) is 2.06. The van der Waals surface area contributed by atoms with Crippen molar-refractivity contribution in [2.45, 2.75) is 13.3 Å². The van der Waals surface area contributed by atoms with E-state index in [1.54, 1.807) is 0 Å². The lowest BCUT2D eigenvalue weighted by Gasteiger charge is -2.11. The zero-order chi connectivity index (χ0) is 7.40. The largest absolute Gasteiger partial charge is 0.393 e. The maximum atomic E-state index is 10.4. The second-order valence-corrected chi connectivity index (χ2v) is 2.06. The number of nitrogens with one attached hydrogen (secondary N) is 1. The maximum Gasteiger partial charge on any atom is 0.310 e. The van der Waals surface area contributed by atoms with Crippen molar-refractivity contribution in [3.63, 3.8) is 0 Å². The van der Waals surface area contributed by atoms with E-state index in [4.69, 9.17) is 4.74 Å². The summed E-state index contributed by atoms with van der Waals surface area (Å²) in [5, 5.41) is 2.86. The highest BCUT2D eigenvalue weighted by molar-refractivity contribution is 5.86. The predicted octanol–water partition coefficient (Wildman–Crippen LogP) is -0.101. The average molecular weight is 142 g/mol. The van der Waals surface area contributed by atoms with Crippen molar-refractivity contribution in [3.8, 4) is 0 Å². The molecule has 1 rings (SSSR count). The van der Waals surface area contributed by atoms with Gasteiger partial charge in [0.1, 0.15) is 0 Å². The zero-order valence-electron chi connectivity index (χ0n) is 5.89. The quantitative estimate of drug-likeness (QED) is 0.480. The molecule has 0 radical (unpaired) electrons. The van der Waals surface area contributed by atoms with E-state index in [1.807, 2.05) is 0 Å². The molecule has 0 aromatic heterocycles. The van der Waals surface area contributed by atoms with Crippen LogP contribution in [-0.4, -0.2) is 25.1 Å². The van der Waals surface area contributed by atoms with Gasteiger partial charge in [-0.1, -0.05) is 0 Å². The molecule has 0 aliphatic carbocycles. The lowest BCUT2D eigenvalue weighted by molar-refractivity contribution is -0.133. The lowest BCUT2D eigenvalue weighted by Crippen LogP contribution is -2.32. The highest BCUT2D eigenvalue weighted by Crippen LogP contribution is 1.90. The van der Waals surface area contributed by atoms with Gasteiger partial charge in [0, 0.05) is 20.0 Å². The number of esters is 1. The monoisotopic (exact) mass is 142 g/mol. The number of carbonyl (C=O) groups is 1. The molecule has 10 heavy (non-hydrogen) atoms. The molecule has 0 saturated carbocycles. The molecule has 4 nitrogen and oxygen atoms in total. The molecule has 56 valence electrons. The molecule has 4 heteroatoms. The molecule has 0 saturated heterocycles. The Hall–Kier alpha value is -1.06. The summed E-state index contributed by atoms with van der Waals surface area (Å²) in [7, 11) is 0. The standard InChI is InChI=1S/C6H10N2O2/c1-5(9)10-6-7-3-2-4-8-6/h2-4H2,1H3,(H,7,8). The van der Waals surface area contributed by atoms with Gasteiger partial charge < -0.3 is 10.1 Å². The van der Waals surface area contributed by atoms with E-state index in [0.29, 0.717) is 6.02 Å². The number of nitrogens with zero attached hydrogens (tertiary/aromatic N) is 1. The molecule has 1 heterocycles. The van der Waals surface area contributed by atoms with Crippen LogP contribution in [0.4, 0.5) is 0 Å². The van der Waals surface area contributed by atoms with Gasteiger partial charge in [0.15, 0.2) is 0 Å². The number of amidine groups is 1. The third kappa shape index (κ3) is 2.05. The van der Waals surface area contributed by atoms with Crippen molar-refractivity contribution < 1.29 is 9.53 Å². The van der Waals surface area contributed by atoms with Crippen molar-refractivity contribution in [3.05, 3.63) is 0 Å². The molecule has 0 atom stereocenters. The first-order valence-electron chi connectivity index (χ1n) is 3.26. The second kappa shape index (κ2) is 3.20. The maximum absolute atomic E-state index is 10.4. The molecule has 0 unspecified atom stereocenters. The van der Waals surface area contributed by atoms with Crippen molar-refractivity contribution in [1.29, 1.82) is 0 Å². The Kier molecular flexibility index (Phi) is 2.25. The summed E-state index contributed by atoms with van der Waals surface area (Å²) < 4.78 is 4.69. The van der Waals surface area contributed by atoms with Crippen molar-refractivity contribution >= 4 is 12.0 Å². The molecule has 0 aromatic rings. The average Bonchev–Trinajstić information content (AvgIpc) is 1.88. The van der Waals surface area contributed by atoms with Gasteiger partial charge in [-0.3, -0.25) is 4.79 Å². The summed E-state index contributed by atoms with van der Waals surface area (Å²) in [6, 6.07) is 0.360. The summed E-state index contributed by atoms with van der Waals surface area (Å²) in [4.78, 5) is 14.3. The van der Waals surface area contributed by atoms with E-state index in [9.17, 15) is 4.79 Å². The van der Waals surface area contributed by atoms with Crippen LogP contribution >= 0.6 is 0 Å². The first-order chi connectivity index (χ1) is 4.79. The molecule has 1 N–H and O–H groups in total. The molecule has 0 bridgehead atoms. The van der Waals surface area contributed by atoms with Crippen LogP contribution in [0.1, 0.15) is 13.3 Å². The van der Waals surface area contributed by atoms with E-state index in [0.717, 1.165) is 19.5 Å². The van der Waals surface area contributed by atoms with Crippen molar-refractivity contribution in [2.24, 2.45) is 4.99 Å². The summed E-state index contributed by atoms with van der Waals surface area (Å²) in [5.41, 5.74) is 0. The first kappa shape index (κ1) is 7.05. The topological polar surface area (TPSA) is 50.7 Å². The molecule has 0 aromatic carbocycles. The van der Waals surface area contributed by atoms with Gasteiger partial charge in [-0.05, 0) is 6.42 Å². The van der Waals surface area contributed by atoms with E-state index in [2.05, 4.69) is 10.3 Å². The fourth-order valence-corrected chi connectivity index (χ4v) is 0.715. The fourth-order valence-electron chi connectivity index (χ4n) is 0.715. The van der Waals surface area contributed by atoms with Crippen LogP contribution in [-0.2, 0) is 9.53 Å². The van der Waals surface area contributed by atoms with Gasteiger partial charge in [0.25, 0.3) is 6.02 Å². The van der Waals surface area contributed by atoms with Crippen LogP contribution in [0.2, 0.25) is 0 Å². The minimum absolute atomic E-state index is 0.326. The summed E-state index contributed by atoms with van der Waals surface area (Å²) >= 11 is 0. The van der Waals surface area contributed by atoms with Gasteiger partial charge in [0.05, 0.1) is 0 Å². The number of ether oxygens (including phenoxy) is 1. The summed E-state index contributed by atoms with van der Waals surface area (Å²) in [5.74, 6) is -0.326. The van der Waals surface area contributed by atoms with Crippen LogP contribution in [0.3, 0.4) is 0 Å². The summed E-state index contributed by atoms with van der Waals surface area (Å²) in [6.07, 6.45) is 1.00. The number of carbonyl (C=O) groups excluding carboxylic acids is 1. The third-order valence-electron chi connectivity index (χ3n) is 1.11. The van der Waals surface area contributed by atoms with Crippen molar-refractivity contribution in [1.82, 2.24) is 5.32 Å². The Morgan fingerprint density at radius 3 is 3.10 bits per heavy atom. The van der Waals surface area contributed by atoms with E-state index >= 15 is 0 Å². The number of hydrogen-bond acceptors (Lipinski definition) is 4. The molecule has 1 aliphatic heterocycles. The third-order valence-corrected chi connectivity index (χ3v) is 1.11. The normalized spacial score (nSPS) is 17.1. The van der Waals surface area contributed by atoms with Gasteiger partial charge in [-0.2, -0.15) is 0 Å². The number of rotatable bonds is 0. The van der Waals surface area contributed by atoms with E-state index in [-0.39, 0.29) is 5.97 Å². The van der Waals surface area contributed by atoms with E-state index in [1.165, 1.54) is 6.92 Å². The molecule has 0 spiro atoms. The highest BCUT2D eigenvalue weighted by atomic mass is 16.6. The molecule has 1 aliphatic rings. The van der Waals surface area contributed by atoms with Crippen LogP contribution < -0.4 is 5.32 Å². The van der Waals surface area contributed by atoms with Gasteiger partial charge >= 0.3 is 5.97 Å². The van der Waals surface area contributed by atoms with Gasteiger partial charge in [0.2, 0.25) is 0 Å². The number of hydrogen-bond donors (Lipinski definition) is 1. The smallest absolute Gasteiger partial charge is 0.310 e. The van der Waals surface area contributed by atoms with E-state index < -0.39 is 0 Å². The first-order valence-corrected chi connectivity index (χ1v) is 3.26. The van der Waals surface area contributed by atoms with Crippen LogP contribution in [0, 0.1) is 0 Å². The minimum Gasteiger partial charge on any atom is -0.393 e. The van der Waals surface area contributed by atoms with Crippen LogP contribution in [0.15, 0.2) is 4.99 Å². The fraction of sp³-hybridized carbons (Fsp3) is 0.667. The Labute approximate surface area is 59.3 Å². The minimum atomic E-state index is -0.326. The molecule has 0 amide bonds. The Bertz CT molecular complexity index is 165. The van der Waals surface area contributed by atoms with Gasteiger partial charge in [-0.25, -0.2) is 4.99 Å². The Balaban J connectivity index is 2.38. The summed E-state index contributed by atoms with van der Waals surface area (Å²) in [6.45, 7) is 2.94. The van der Waals surface area contributed by atoms with Crippen molar-refractivity contribution in [2.75, 3.05) is 13.1 Å². The Morgan fingerprint density at radius 2 is 2.60 bits per heavy atom. The lowest BCUT2D eigenvalue weighted by atomic mass is 10.4. The molecular weight excluding hydrogens is 132 g/mol. The Morgan fingerprint density at radius 1 is 1.80 bits per heavy atom. The number of aliphatic imine (C=N–C) groups is 1. The zero-order valence-corrected chi connectivity index (χ0v) is 5.89. The van der Waals surface area contributed by atoms with Gasteiger partial charge in [-0.15, -0.1) is 0 Å². The molecular formula is C6H10N2O2. The predicted molar refractivity (Wildman–Crippen MR) is 36.7 cm³/mol.